The summed E-state index contributed by atoms with van der Waals surface area (Å²) in [7, 11) is -1.28. The lowest BCUT2D eigenvalue weighted by Gasteiger charge is -2.30. The number of benzene rings is 1. The van der Waals surface area contributed by atoms with Crippen LogP contribution in [0.2, 0.25) is 0 Å². The van der Waals surface area contributed by atoms with Crippen molar-refractivity contribution in [3.8, 4) is 0 Å². The van der Waals surface area contributed by atoms with E-state index in [0.29, 0.717) is 0 Å². The summed E-state index contributed by atoms with van der Waals surface area (Å²) >= 11 is 0. The highest BCUT2D eigenvalue weighted by Gasteiger charge is 2.43. The van der Waals surface area contributed by atoms with Crippen molar-refractivity contribution in [1.29, 1.82) is 0 Å². The van der Waals surface area contributed by atoms with Crippen LogP contribution in [0.1, 0.15) is 39.7 Å². The fourth-order valence-electron chi connectivity index (χ4n) is 2.57. The molecule has 0 bridgehead atoms. The Morgan fingerprint density at radius 3 is 2.40 bits per heavy atom. The summed E-state index contributed by atoms with van der Waals surface area (Å²) in [6, 6.07) is 10.1. The average Bonchev–Trinajstić information content (AvgIpc) is 2.64. The molecule has 0 N–H and O–H groups in total. The van der Waals surface area contributed by atoms with Crippen molar-refractivity contribution in [3.05, 3.63) is 35.9 Å². The quantitative estimate of drug-likeness (QED) is 0.859. The van der Waals surface area contributed by atoms with Gasteiger partial charge in [0.25, 0.3) is 0 Å². The maximum atomic E-state index is 12.6. The molecule has 1 aromatic carbocycles. The molecule has 4 heteroatoms. The van der Waals surface area contributed by atoms with E-state index in [1.807, 2.05) is 45.9 Å². The van der Waals surface area contributed by atoms with Gasteiger partial charge in [-0.3, -0.25) is 9.10 Å². The first-order chi connectivity index (χ1) is 9.30. The Morgan fingerprint density at radius 2 is 1.85 bits per heavy atom. The van der Waals surface area contributed by atoms with Gasteiger partial charge < -0.3 is 0 Å². The molecular formula is C16H23NO2S. The molecule has 1 heterocycles. The van der Waals surface area contributed by atoms with E-state index in [2.05, 4.69) is 12.1 Å². The van der Waals surface area contributed by atoms with Gasteiger partial charge >= 0.3 is 0 Å². The Balaban J connectivity index is 2.22. The first kappa shape index (κ1) is 15.2. The zero-order valence-electron chi connectivity index (χ0n) is 12.6. The van der Waals surface area contributed by atoms with Crippen LogP contribution in [-0.2, 0) is 22.2 Å². The van der Waals surface area contributed by atoms with Crippen LogP contribution in [0.5, 0.6) is 0 Å². The standard InChI is InChI=1S/C16H23NO2S/c1-12-10-14(11-13-8-6-5-7-9-13)17(15(12)18)20(19)16(2,3)4/h5-9,12,14H,10-11H2,1-4H3/t12-,14-,20+/m0/s1. The predicted octanol–water partition coefficient (Wildman–Crippen LogP) is 2.93. The molecule has 0 unspecified atom stereocenters. The van der Waals surface area contributed by atoms with Gasteiger partial charge in [-0.25, -0.2) is 4.21 Å². The molecule has 0 saturated carbocycles. The Morgan fingerprint density at radius 1 is 1.25 bits per heavy atom. The molecule has 110 valence electrons. The third-order valence-electron chi connectivity index (χ3n) is 3.61. The SMILES string of the molecule is C[C@H]1C[C@@H](Cc2ccccc2)N([S@](=O)C(C)(C)C)C1=O. The van der Waals surface area contributed by atoms with Crippen LogP contribution in [-0.4, -0.2) is 25.2 Å². The normalized spacial score (nSPS) is 25.0. The molecule has 0 radical (unpaired) electrons. The van der Waals surface area contributed by atoms with E-state index in [1.165, 1.54) is 5.56 Å². The van der Waals surface area contributed by atoms with E-state index >= 15 is 0 Å². The lowest BCUT2D eigenvalue weighted by Crippen LogP contribution is -2.44. The van der Waals surface area contributed by atoms with Gasteiger partial charge in [-0.15, -0.1) is 0 Å². The van der Waals surface area contributed by atoms with Gasteiger partial charge in [0.2, 0.25) is 5.91 Å². The molecule has 1 amide bonds. The molecule has 0 aromatic heterocycles. The van der Waals surface area contributed by atoms with Crippen LogP contribution in [0, 0.1) is 5.92 Å². The topological polar surface area (TPSA) is 37.4 Å². The van der Waals surface area contributed by atoms with Crippen molar-refractivity contribution >= 4 is 16.9 Å². The Kier molecular flexibility index (Phi) is 4.33. The third-order valence-corrected chi connectivity index (χ3v) is 5.50. The number of carbonyl (C=O) groups excluding carboxylic acids is 1. The van der Waals surface area contributed by atoms with Crippen molar-refractivity contribution in [2.24, 2.45) is 5.92 Å². The molecule has 1 saturated heterocycles. The lowest BCUT2D eigenvalue weighted by molar-refractivity contribution is -0.127. The second-order valence-electron chi connectivity index (χ2n) is 6.51. The fourth-order valence-corrected chi connectivity index (χ4v) is 3.93. The average molecular weight is 293 g/mol. The summed E-state index contributed by atoms with van der Waals surface area (Å²) in [5, 5.41) is 0. The molecule has 1 fully saturated rings. The summed E-state index contributed by atoms with van der Waals surface area (Å²) in [4.78, 5) is 12.3. The van der Waals surface area contributed by atoms with E-state index in [9.17, 15) is 9.00 Å². The van der Waals surface area contributed by atoms with Gasteiger partial charge in [0, 0.05) is 5.92 Å². The lowest BCUT2D eigenvalue weighted by atomic mass is 10.0. The Hall–Kier alpha value is -1.16. The highest BCUT2D eigenvalue weighted by molar-refractivity contribution is 7.84. The third kappa shape index (κ3) is 3.11. The highest BCUT2D eigenvalue weighted by Crippen LogP contribution is 2.31. The van der Waals surface area contributed by atoms with Crippen LogP contribution < -0.4 is 0 Å². The van der Waals surface area contributed by atoms with Gasteiger partial charge in [-0.2, -0.15) is 0 Å². The summed E-state index contributed by atoms with van der Waals surface area (Å²) in [5.74, 6) is -0.00537. The largest absolute Gasteiger partial charge is 0.274 e. The highest BCUT2D eigenvalue weighted by atomic mass is 32.2. The minimum absolute atomic E-state index is 0.0270. The van der Waals surface area contributed by atoms with Crippen LogP contribution in [0.4, 0.5) is 0 Å². The van der Waals surface area contributed by atoms with Gasteiger partial charge in [-0.1, -0.05) is 37.3 Å². The van der Waals surface area contributed by atoms with Crippen molar-refractivity contribution in [3.63, 3.8) is 0 Å². The Labute approximate surface area is 124 Å². The minimum Gasteiger partial charge on any atom is -0.274 e. The Bertz CT molecular complexity index is 507. The van der Waals surface area contributed by atoms with E-state index in [-0.39, 0.29) is 17.9 Å². The minimum atomic E-state index is -1.28. The van der Waals surface area contributed by atoms with Gasteiger partial charge in [-0.05, 0) is 39.2 Å². The maximum absolute atomic E-state index is 12.6. The zero-order valence-corrected chi connectivity index (χ0v) is 13.4. The first-order valence-corrected chi connectivity index (χ1v) is 8.20. The predicted molar refractivity (Wildman–Crippen MR) is 82.5 cm³/mol. The number of amides is 1. The summed E-state index contributed by atoms with van der Waals surface area (Å²) in [6.45, 7) is 7.68. The summed E-state index contributed by atoms with van der Waals surface area (Å²) < 4.78 is 13.9. The van der Waals surface area contributed by atoms with Crippen molar-refractivity contribution in [2.45, 2.75) is 51.3 Å². The van der Waals surface area contributed by atoms with Crippen molar-refractivity contribution < 1.29 is 9.00 Å². The summed E-state index contributed by atoms with van der Waals surface area (Å²) in [5.41, 5.74) is 1.19. The van der Waals surface area contributed by atoms with Gasteiger partial charge in [0.1, 0.15) is 11.0 Å². The molecule has 0 spiro atoms. The second kappa shape index (κ2) is 5.68. The number of hydrogen-bond acceptors (Lipinski definition) is 2. The van der Waals surface area contributed by atoms with Crippen molar-refractivity contribution in [1.82, 2.24) is 4.31 Å². The molecular weight excluding hydrogens is 270 g/mol. The number of hydrogen-bond donors (Lipinski definition) is 0. The van der Waals surface area contributed by atoms with Crippen LogP contribution in [0.3, 0.4) is 0 Å². The van der Waals surface area contributed by atoms with Crippen LogP contribution >= 0.6 is 0 Å². The van der Waals surface area contributed by atoms with E-state index in [0.717, 1.165) is 12.8 Å². The van der Waals surface area contributed by atoms with E-state index in [1.54, 1.807) is 4.31 Å². The number of rotatable bonds is 3. The van der Waals surface area contributed by atoms with Crippen molar-refractivity contribution in [2.75, 3.05) is 0 Å². The van der Waals surface area contributed by atoms with Gasteiger partial charge in [0.05, 0.1) is 10.8 Å². The van der Waals surface area contributed by atoms with E-state index in [4.69, 9.17) is 0 Å². The van der Waals surface area contributed by atoms with Crippen LogP contribution in [0.25, 0.3) is 0 Å². The molecule has 3 nitrogen and oxygen atoms in total. The zero-order chi connectivity index (χ0) is 14.9. The fraction of sp³-hybridized carbons (Fsp3) is 0.562. The van der Waals surface area contributed by atoms with E-state index < -0.39 is 15.7 Å². The molecule has 1 aromatic rings. The number of nitrogens with zero attached hydrogens (tertiary/aromatic N) is 1. The van der Waals surface area contributed by atoms with Gasteiger partial charge in [0.15, 0.2) is 0 Å². The monoisotopic (exact) mass is 293 g/mol. The first-order valence-electron chi connectivity index (χ1n) is 7.09. The molecule has 3 atom stereocenters. The smallest absolute Gasteiger partial charge is 0.237 e. The molecule has 20 heavy (non-hydrogen) atoms. The second-order valence-corrected chi connectivity index (χ2v) is 8.62. The van der Waals surface area contributed by atoms with Crippen LogP contribution in [0.15, 0.2) is 30.3 Å². The molecule has 0 aliphatic carbocycles. The summed E-state index contributed by atoms with van der Waals surface area (Å²) in [6.07, 6.45) is 1.56. The number of carbonyl (C=O) groups is 1. The molecule has 1 aliphatic heterocycles. The maximum Gasteiger partial charge on any atom is 0.237 e. The molecule has 2 rings (SSSR count). The molecule has 1 aliphatic rings.